The van der Waals surface area contributed by atoms with Crippen LogP contribution in [0, 0.1) is 0 Å². The van der Waals surface area contributed by atoms with E-state index in [2.05, 4.69) is 62.4 Å². The molecule has 0 saturated carbocycles. The lowest BCUT2D eigenvalue weighted by molar-refractivity contribution is 0.0355. The van der Waals surface area contributed by atoms with E-state index in [1.54, 1.807) is 7.11 Å². The lowest BCUT2D eigenvalue weighted by Gasteiger charge is -2.20. The molecule has 0 atom stereocenters. The zero-order valence-electron chi connectivity index (χ0n) is 13.8. The van der Waals surface area contributed by atoms with Crippen molar-refractivity contribution in [1.29, 1.82) is 0 Å². The molecule has 0 spiro atoms. The Bertz CT molecular complexity index is 530. The van der Waals surface area contributed by atoms with E-state index < -0.39 is 0 Å². The number of methoxy groups -OCH3 is 1. The first-order chi connectivity index (χ1) is 10.8. The van der Waals surface area contributed by atoms with E-state index >= 15 is 0 Å². The lowest BCUT2D eigenvalue weighted by Crippen LogP contribution is -2.11. The maximum Gasteiger partial charge on any atom is 0.108 e. The topological polar surface area (TPSA) is 18.5 Å². The van der Waals surface area contributed by atoms with Gasteiger partial charge in [-0.2, -0.15) is 0 Å². The van der Waals surface area contributed by atoms with Crippen LogP contribution in [0.1, 0.15) is 42.2 Å². The Balaban J connectivity index is 2.31. The number of ether oxygens (including phenoxy) is 2. The molecule has 0 N–H and O–H groups in total. The highest BCUT2D eigenvalue weighted by Gasteiger charge is 2.15. The number of hydrogen-bond acceptors (Lipinski definition) is 2. The molecule has 0 heterocycles. The first-order valence-electron chi connectivity index (χ1n) is 8.06. The highest BCUT2D eigenvalue weighted by Crippen LogP contribution is 2.27. The van der Waals surface area contributed by atoms with Crippen LogP contribution < -0.4 is 0 Å². The maximum absolute atomic E-state index is 6.13. The van der Waals surface area contributed by atoms with Crippen LogP contribution in [0.2, 0.25) is 0 Å². The Labute approximate surface area is 134 Å². The highest BCUT2D eigenvalue weighted by atomic mass is 16.5. The summed E-state index contributed by atoms with van der Waals surface area (Å²) in [6.45, 7) is 5.56. The van der Waals surface area contributed by atoms with Gasteiger partial charge in [0.25, 0.3) is 0 Å². The zero-order valence-corrected chi connectivity index (χ0v) is 13.8. The fourth-order valence-corrected chi connectivity index (χ4v) is 2.59. The quantitative estimate of drug-likeness (QED) is 0.665. The molecule has 118 valence electrons. The van der Waals surface area contributed by atoms with Gasteiger partial charge in [-0.1, -0.05) is 62.4 Å². The van der Waals surface area contributed by atoms with E-state index in [-0.39, 0.29) is 6.10 Å². The SMILES string of the molecule is CCc1cccc(C(OCCOC)c2cccc(CC)c2)c1. The van der Waals surface area contributed by atoms with Crippen molar-refractivity contribution in [2.45, 2.75) is 32.8 Å². The predicted octanol–water partition coefficient (Wildman–Crippen LogP) is 4.56. The van der Waals surface area contributed by atoms with E-state index in [9.17, 15) is 0 Å². The third kappa shape index (κ3) is 4.43. The van der Waals surface area contributed by atoms with Crippen LogP contribution in [0.4, 0.5) is 0 Å². The molecule has 2 nitrogen and oxygen atoms in total. The first kappa shape index (κ1) is 16.7. The van der Waals surface area contributed by atoms with E-state index in [0.29, 0.717) is 13.2 Å². The molecule has 0 aliphatic heterocycles. The van der Waals surface area contributed by atoms with E-state index in [0.717, 1.165) is 12.8 Å². The molecule has 2 rings (SSSR count). The van der Waals surface area contributed by atoms with Gasteiger partial charge >= 0.3 is 0 Å². The Morgan fingerprint density at radius 3 is 1.82 bits per heavy atom. The molecular weight excluding hydrogens is 272 g/mol. The molecule has 0 aliphatic carbocycles. The van der Waals surface area contributed by atoms with Crippen molar-refractivity contribution in [3.8, 4) is 0 Å². The van der Waals surface area contributed by atoms with Crippen molar-refractivity contribution in [2.75, 3.05) is 20.3 Å². The molecule has 2 aromatic carbocycles. The second-order valence-electron chi connectivity index (χ2n) is 5.44. The number of rotatable bonds is 8. The number of aryl methyl sites for hydroxylation is 2. The minimum Gasteiger partial charge on any atom is -0.382 e. The van der Waals surface area contributed by atoms with Crippen molar-refractivity contribution in [3.05, 3.63) is 70.8 Å². The molecule has 22 heavy (non-hydrogen) atoms. The maximum atomic E-state index is 6.13. The Kier molecular flexibility index (Phi) is 6.63. The second kappa shape index (κ2) is 8.72. The van der Waals surface area contributed by atoms with Gasteiger partial charge < -0.3 is 9.47 Å². The normalized spacial score (nSPS) is 11.1. The van der Waals surface area contributed by atoms with Gasteiger partial charge in [-0.15, -0.1) is 0 Å². The summed E-state index contributed by atoms with van der Waals surface area (Å²) < 4.78 is 11.3. The smallest absolute Gasteiger partial charge is 0.108 e. The van der Waals surface area contributed by atoms with E-state index in [4.69, 9.17) is 9.47 Å². The van der Waals surface area contributed by atoms with Crippen LogP contribution in [0.25, 0.3) is 0 Å². The molecule has 0 bridgehead atoms. The lowest BCUT2D eigenvalue weighted by atomic mass is 9.97. The van der Waals surface area contributed by atoms with E-state index in [1.807, 2.05) is 0 Å². The summed E-state index contributed by atoms with van der Waals surface area (Å²) in [6.07, 6.45) is 2.04. The third-order valence-electron chi connectivity index (χ3n) is 3.90. The van der Waals surface area contributed by atoms with Gasteiger partial charge in [-0.05, 0) is 35.1 Å². The van der Waals surface area contributed by atoms with Crippen molar-refractivity contribution in [1.82, 2.24) is 0 Å². The summed E-state index contributed by atoms with van der Waals surface area (Å²) in [4.78, 5) is 0. The Hall–Kier alpha value is -1.64. The molecule has 2 heteroatoms. The third-order valence-corrected chi connectivity index (χ3v) is 3.90. The van der Waals surface area contributed by atoms with Gasteiger partial charge in [-0.25, -0.2) is 0 Å². The molecule has 0 fully saturated rings. The fraction of sp³-hybridized carbons (Fsp3) is 0.400. The minimum atomic E-state index is -0.0341. The van der Waals surface area contributed by atoms with Crippen molar-refractivity contribution < 1.29 is 9.47 Å². The van der Waals surface area contributed by atoms with E-state index in [1.165, 1.54) is 22.3 Å². The monoisotopic (exact) mass is 298 g/mol. The zero-order chi connectivity index (χ0) is 15.8. The van der Waals surface area contributed by atoms with Crippen LogP contribution in [0.5, 0.6) is 0 Å². The molecule has 0 radical (unpaired) electrons. The van der Waals surface area contributed by atoms with Crippen LogP contribution in [-0.2, 0) is 22.3 Å². The summed E-state index contributed by atoms with van der Waals surface area (Å²) in [5.74, 6) is 0. The largest absolute Gasteiger partial charge is 0.382 e. The van der Waals surface area contributed by atoms with Crippen LogP contribution in [-0.4, -0.2) is 20.3 Å². The summed E-state index contributed by atoms with van der Waals surface area (Å²) in [5.41, 5.74) is 5.10. The summed E-state index contributed by atoms with van der Waals surface area (Å²) in [7, 11) is 1.70. The average molecular weight is 298 g/mol. The summed E-state index contributed by atoms with van der Waals surface area (Å²) in [5, 5.41) is 0. The number of hydrogen-bond donors (Lipinski definition) is 0. The van der Waals surface area contributed by atoms with Gasteiger partial charge in [0.1, 0.15) is 6.10 Å². The Morgan fingerprint density at radius 2 is 1.36 bits per heavy atom. The van der Waals surface area contributed by atoms with Crippen molar-refractivity contribution in [2.24, 2.45) is 0 Å². The highest BCUT2D eigenvalue weighted by molar-refractivity contribution is 5.35. The van der Waals surface area contributed by atoms with Crippen molar-refractivity contribution >= 4 is 0 Å². The van der Waals surface area contributed by atoms with Crippen LogP contribution >= 0.6 is 0 Å². The molecule has 0 aromatic heterocycles. The fourth-order valence-electron chi connectivity index (χ4n) is 2.59. The molecule has 0 amide bonds. The molecule has 2 aromatic rings. The molecule has 0 aliphatic rings. The summed E-state index contributed by atoms with van der Waals surface area (Å²) >= 11 is 0. The van der Waals surface area contributed by atoms with Crippen LogP contribution in [0.3, 0.4) is 0 Å². The Morgan fingerprint density at radius 1 is 0.818 bits per heavy atom. The minimum absolute atomic E-state index is 0.0341. The van der Waals surface area contributed by atoms with Gasteiger partial charge in [0.2, 0.25) is 0 Å². The average Bonchev–Trinajstić information content (AvgIpc) is 2.59. The van der Waals surface area contributed by atoms with Gasteiger partial charge in [-0.3, -0.25) is 0 Å². The predicted molar refractivity (Wildman–Crippen MR) is 91.3 cm³/mol. The molecule has 0 saturated heterocycles. The first-order valence-corrected chi connectivity index (χ1v) is 8.06. The van der Waals surface area contributed by atoms with Crippen LogP contribution in [0.15, 0.2) is 48.5 Å². The van der Waals surface area contributed by atoms with Gasteiger partial charge in [0.05, 0.1) is 13.2 Å². The summed E-state index contributed by atoms with van der Waals surface area (Å²) in [6, 6.07) is 17.3. The standard InChI is InChI=1S/C20H26O2/c1-4-16-8-6-10-18(14-16)20(22-13-12-21-3)19-11-7-9-17(5-2)15-19/h6-11,14-15,20H,4-5,12-13H2,1-3H3. The van der Waals surface area contributed by atoms with Gasteiger partial charge in [0, 0.05) is 7.11 Å². The molecule has 0 unspecified atom stereocenters. The second-order valence-corrected chi connectivity index (χ2v) is 5.44. The van der Waals surface area contributed by atoms with Crippen molar-refractivity contribution in [3.63, 3.8) is 0 Å². The van der Waals surface area contributed by atoms with Gasteiger partial charge in [0.15, 0.2) is 0 Å². The number of benzene rings is 2. The molecular formula is C20H26O2.